The van der Waals surface area contributed by atoms with Gasteiger partial charge in [-0.1, -0.05) is 12.2 Å². The molecule has 0 spiro atoms. The average molecular weight is 319 g/mol. The highest BCUT2D eigenvalue weighted by atomic mass is 19.4. The summed E-state index contributed by atoms with van der Waals surface area (Å²) in [5.74, 6) is -0.458. The molecular weight excluding hydrogens is 303 g/mol. The zero-order valence-electron chi connectivity index (χ0n) is 12.2. The Hall–Kier alpha value is -2.42. The first-order valence-electron chi connectivity index (χ1n) is 5.95. The van der Waals surface area contributed by atoms with Crippen LogP contribution in [0.3, 0.4) is 0 Å². The number of nitrogens with one attached hydrogen (secondary N) is 1. The molecule has 0 atom stereocenters. The van der Waals surface area contributed by atoms with E-state index in [1.165, 1.54) is 12.3 Å². The smallest absolute Gasteiger partial charge is 0.388 e. The first-order valence-corrected chi connectivity index (χ1v) is 5.95. The molecule has 0 aliphatic rings. The molecule has 1 heterocycles. The van der Waals surface area contributed by atoms with Crippen LogP contribution in [-0.4, -0.2) is 24.1 Å². The second kappa shape index (κ2) is 9.50. The van der Waals surface area contributed by atoms with Crippen molar-refractivity contribution in [1.82, 2.24) is 4.98 Å². The number of nitro groups is 1. The molecule has 6 nitrogen and oxygen atoms in total. The van der Waals surface area contributed by atoms with Crippen LogP contribution < -0.4 is 5.32 Å². The minimum Gasteiger partial charge on any atom is -0.388 e. The standard InChI is InChI=1S/C11H10F3N3O2.C2H6O/c1-2-3-4-7-15-10-8(17(18)19)5-6-9(16-10)11(12,13)14;1-3-2/h2-7H,1H3,(H,15,16);1-2H3/b3-2+,7-4+;. The Labute approximate surface area is 125 Å². The van der Waals surface area contributed by atoms with Gasteiger partial charge in [-0.25, -0.2) is 4.98 Å². The van der Waals surface area contributed by atoms with E-state index in [0.717, 1.165) is 6.07 Å². The number of nitrogens with zero attached hydrogens (tertiary/aromatic N) is 2. The van der Waals surface area contributed by atoms with Gasteiger partial charge in [0.1, 0.15) is 5.69 Å². The quantitative estimate of drug-likeness (QED) is 0.519. The van der Waals surface area contributed by atoms with Crippen molar-refractivity contribution in [3.63, 3.8) is 0 Å². The summed E-state index contributed by atoms with van der Waals surface area (Å²) in [6.45, 7) is 1.75. The largest absolute Gasteiger partial charge is 0.433 e. The molecule has 0 fully saturated rings. The summed E-state index contributed by atoms with van der Waals surface area (Å²) in [7, 11) is 3.25. The van der Waals surface area contributed by atoms with Gasteiger partial charge >= 0.3 is 11.9 Å². The zero-order valence-corrected chi connectivity index (χ0v) is 12.2. The van der Waals surface area contributed by atoms with E-state index < -0.39 is 28.3 Å². The maximum Gasteiger partial charge on any atom is 0.433 e. The molecule has 0 amide bonds. The Kier molecular flexibility index (Phi) is 8.46. The number of methoxy groups -OCH3 is 1. The molecule has 9 heteroatoms. The van der Waals surface area contributed by atoms with E-state index in [0.29, 0.717) is 6.07 Å². The zero-order chi connectivity index (χ0) is 17.2. The molecule has 1 rings (SSSR count). The number of aromatic nitrogens is 1. The van der Waals surface area contributed by atoms with Gasteiger partial charge in [-0.05, 0) is 19.1 Å². The molecule has 0 aliphatic carbocycles. The lowest BCUT2D eigenvalue weighted by Crippen LogP contribution is -2.10. The monoisotopic (exact) mass is 319 g/mol. The molecule has 1 aromatic heterocycles. The third kappa shape index (κ3) is 6.84. The molecule has 0 bridgehead atoms. The highest BCUT2D eigenvalue weighted by Gasteiger charge is 2.34. The van der Waals surface area contributed by atoms with Crippen molar-refractivity contribution < 1.29 is 22.8 Å². The number of pyridine rings is 1. The normalized spacial score (nSPS) is 11.4. The summed E-state index contributed by atoms with van der Waals surface area (Å²) in [5.41, 5.74) is -1.72. The Morgan fingerprint density at radius 1 is 1.32 bits per heavy atom. The van der Waals surface area contributed by atoms with Crippen LogP contribution in [0.15, 0.2) is 36.6 Å². The van der Waals surface area contributed by atoms with Gasteiger partial charge in [0.05, 0.1) is 4.92 Å². The summed E-state index contributed by atoms with van der Waals surface area (Å²) in [6, 6.07) is 1.33. The third-order valence-electron chi connectivity index (χ3n) is 1.98. The van der Waals surface area contributed by atoms with Crippen molar-refractivity contribution in [2.24, 2.45) is 0 Å². The molecule has 22 heavy (non-hydrogen) atoms. The van der Waals surface area contributed by atoms with Crippen LogP contribution in [0, 0.1) is 10.1 Å². The number of ether oxygens (including phenoxy) is 1. The predicted molar refractivity (Wildman–Crippen MR) is 76.4 cm³/mol. The fourth-order valence-electron chi connectivity index (χ4n) is 1.16. The van der Waals surface area contributed by atoms with E-state index in [9.17, 15) is 23.3 Å². The fourth-order valence-corrected chi connectivity index (χ4v) is 1.16. The maximum atomic E-state index is 12.5. The van der Waals surface area contributed by atoms with E-state index in [1.54, 1.807) is 33.3 Å². The summed E-state index contributed by atoms with van der Waals surface area (Å²) < 4.78 is 41.6. The van der Waals surface area contributed by atoms with E-state index in [1.807, 2.05) is 0 Å². The Bertz CT molecular complexity index is 543. The summed E-state index contributed by atoms with van der Waals surface area (Å²) >= 11 is 0. The van der Waals surface area contributed by atoms with Crippen LogP contribution >= 0.6 is 0 Å². The molecule has 0 aromatic carbocycles. The van der Waals surface area contributed by atoms with Crippen LogP contribution in [-0.2, 0) is 10.9 Å². The highest BCUT2D eigenvalue weighted by molar-refractivity contribution is 5.57. The van der Waals surface area contributed by atoms with Crippen molar-refractivity contribution in [2.75, 3.05) is 19.5 Å². The van der Waals surface area contributed by atoms with Crippen LogP contribution in [0.2, 0.25) is 0 Å². The van der Waals surface area contributed by atoms with E-state index in [-0.39, 0.29) is 0 Å². The van der Waals surface area contributed by atoms with Gasteiger partial charge in [0.2, 0.25) is 5.82 Å². The summed E-state index contributed by atoms with van der Waals surface area (Å²) in [4.78, 5) is 13.1. The lowest BCUT2D eigenvalue weighted by atomic mass is 10.3. The number of halogens is 3. The van der Waals surface area contributed by atoms with Gasteiger partial charge in [0.25, 0.3) is 0 Å². The second-order valence-electron chi connectivity index (χ2n) is 3.76. The Morgan fingerprint density at radius 2 is 1.91 bits per heavy atom. The number of alkyl halides is 3. The Morgan fingerprint density at radius 3 is 2.36 bits per heavy atom. The fraction of sp³-hybridized carbons (Fsp3) is 0.308. The third-order valence-corrected chi connectivity index (χ3v) is 1.98. The molecule has 0 aliphatic heterocycles. The molecule has 1 N–H and O–H groups in total. The van der Waals surface area contributed by atoms with Crippen LogP contribution in [0.5, 0.6) is 0 Å². The van der Waals surface area contributed by atoms with E-state index >= 15 is 0 Å². The van der Waals surface area contributed by atoms with Gasteiger partial charge in [0, 0.05) is 26.5 Å². The molecule has 0 saturated heterocycles. The molecule has 1 aromatic rings. The number of hydrogen-bond donors (Lipinski definition) is 1. The van der Waals surface area contributed by atoms with E-state index in [2.05, 4.69) is 15.0 Å². The molecular formula is C13H16F3N3O3. The summed E-state index contributed by atoms with van der Waals surface area (Å²) in [6.07, 6.45) is 1.37. The minimum absolute atomic E-state index is 0.458. The van der Waals surface area contributed by atoms with Gasteiger partial charge < -0.3 is 10.1 Å². The summed E-state index contributed by atoms with van der Waals surface area (Å²) in [5, 5.41) is 13.0. The van der Waals surface area contributed by atoms with Crippen molar-refractivity contribution in [1.29, 1.82) is 0 Å². The van der Waals surface area contributed by atoms with Crippen LogP contribution in [0.25, 0.3) is 0 Å². The first-order chi connectivity index (χ1) is 10.3. The molecule has 0 radical (unpaired) electrons. The van der Waals surface area contributed by atoms with E-state index in [4.69, 9.17) is 0 Å². The van der Waals surface area contributed by atoms with Crippen molar-refractivity contribution in [3.05, 3.63) is 52.4 Å². The topological polar surface area (TPSA) is 77.3 Å². The lowest BCUT2D eigenvalue weighted by Gasteiger charge is -2.07. The SMILES string of the molecule is C/C=C/C=C/Nc1nc(C(F)(F)F)ccc1[N+](=O)[O-].COC. The predicted octanol–water partition coefficient (Wildman–Crippen LogP) is 3.77. The number of anilines is 1. The number of hydrogen-bond acceptors (Lipinski definition) is 5. The lowest BCUT2D eigenvalue weighted by molar-refractivity contribution is -0.384. The minimum atomic E-state index is -4.65. The highest BCUT2D eigenvalue weighted by Crippen LogP contribution is 2.31. The van der Waals surface area contributed by atoms with Crippen LogP contribution in [0.4, 0.5) is 24.7 Å². The Balaban J connectivity index is 0.00000135. The molecule has 122 valence electrons. The maximum absolute atomic E-state index is 12.5. The van der Waals surface area contributed by atoms with Gasteiger partial charge in [-0.15, -0.1) is 0 Å². The number of rotatable bonds is 4. The van der Waals surface area contributed by atoms with Crippen molar-refractivity contribution >= 4 is 11.5 Å². The molecule has 0 unspecified atom stereocenters. The van der Waals surface area contributed by atoms with Crippen molar-refractivity contribution in [2.45, 2.75) is 13.1 Å². The van der Waals surface area contributed by atoms with Gasteiger partial charge in [0.15, 0.2) is 0 Å². The second-order valence-corrected chi connectivity index (χ2v) is 3.76. The van der Waals surface area contributed by atoms with Gasteiger partial charge in [-0.2, -0.15) is 13.2 Å². The van der Waals surface area contributed by atoms with Crippen LogP contribution in [0.1, 0.15) is 12.6 Å². The molecule has 0 saturated carbocycles. The number of allylic oxidation sites excluding steroid dienone is 3. The van der Waals surface area contributed by atoms with Crippen molar-refractivity contribution in [3.8, 4) is 0 Å². The van der Waals surface area contributed by atoms with Gasteiger partial charge in [-0.3, -0.25) is 10.1 Å². The first kappa shape index (κ1) is 19.6. The average Bonchev–Trinajstić information content (AvgIpc) is 2.43.